The number of carbonyl (C=O) groups is 1. The third-order valence-corrected chi connectivity index (χ3v) is 3.89. The number of nitrogens with zero attached hydrogens (tertiary/aromatic N) is 2. The van der Waals surface area contributed by atoms with E-state index in [2.05, 4.69) is 22.2 Å². The average molecular weight is 315 g/mol. The fourth-order valence-electron chi connectivity index (χ4n) is 2.17. The largest absolute Gasteiger partial charge is 0.344 e. The quantitative estimate of drug-likeness (QED) is 0.737. The van der Waals surface area contributed by atoms with E-state index in [4.69, 9.17) is 11.6 Å². The third-order valence-electron chi connectivity index (χ3n) is 3.58. The molecular weight excluding hydrogens is 288 g/mol. The van der Waals surface area contributed by atoms with Crippen molar-refractivity contribution in [2.75, 3.05) is 13.1 Å². The number of aromatic nitrogens is 2. The number of carbonyl (C=O) groups excluding carboxylic acids is 1. The summed E-state index contributed by atoms with van der Waals surface area (Å²) >= 11 is 6.13. The van der Waals surface area contributed by atoms with Gasteiger partial charge in [0, 0.05) is 26.1 Å². The van der Waals surface area contributed by atoms with Crippen LogP contribution in [0.1, 0.15) is 52.1 Å². The molecule has 1 heterocycles. The lowest BCUT2D eigenvalue weighted by atomic mass is 10.2. The molecular formula is C15H27ClN4O. The lowest BCUT2D eigenvalue weighted by molar-refractivity contribution is -0.132. The van der Waals surface area contributed by atoms with E-state index in [1.165, 1.54) is 0 Å². The van der Waals surface area contributed by atoms with Gasteiger partial charge in [0.25, 0.3) is 0 Å². The van der Waals surface area contributed by atoms with Crippen molar-refractivity contribution in [2.24, 2.45) is 0 Å². The van der Waals surface area contributed by atoms with E-state index in [0.717, 1.165) is 43.9 Å². The Kier molecular flexibility index (Phi) is 7.75. The highest BCUT2D eigenvalue weighted by Crippen LogP contribution is 2.14. The summed E-state index contributed by atoms with van der Waals surface area (Å²) in [5.41, 5.74) is 0.849. The predicted octanol–water partition coefficient (Wildman–Crippen LogP) is 2.75. The zero-order valence-electron chi connectivity index (χ0n) is 13.5. The minimum Gasteiger partial charge on any atom is -0.344 e. The first-order chi connectivity index (χ1) is 10.0. The predicted molar refractivity (Wildman–Crippen MR) is 86.4 cm³/mol. The summed E-state index contributed by atoms with van der Waals surface area (Å²) in [5.74, 6) is 1.03. The first-order valence-electron chi connectivity index (χ1n) is 7.78. The van der Waals surface area contributed by atoms with Gasteiger partial charge in [-0.3, -0.25) is 4.79 Å². The molecule has 1 unspecified atom stereocenters. The van der Waals surface area contributed by atoms with Crippen LogP contribution in [0, 0.1) is 0 Å². The number of H-pyrrole nitrogens is 1. The normalized spacial score (nSPS) is 12.4. The molecule has 120 valence electrons. The number of rotatable bonds is 9. The van der Waals surface area contributed by atoms with Gasteiger partial charge in [-0.1, -0.05) is 24.9 Å². The van der Waals surface area contributed by atoms with E-state index in [1.54, 1.807) is 0 Å². The highest BCUT2D eigenvalue weighted by atomic mass is 35.5. The topological polar surface area (TPSA) is 61.0 Å². The Bertz CT molecular complexity index is 443. The molecule has 0 radical (unpaired) electrons. The summed E-state index contributed by atoms with van der Waals surface area (Å²) in [6.45, 7) is 9.98. The van der Waals surface area contributed by atoms with Gasteiger partial charge in [-0.05, 0) is 27.2 Å². The van der Waals surface area contributed by atoms with Gasteiger partial charge in [0.2, 0.25) is 5.91 Å². The van der Waals surface area contributed by atoms with Crippen LogP contribution in [0.15, 0.2) is 0 Å². The molecule has 1 rings (SSSR count). The van der Waals surface area contributed by atoms with Gasteiger partial charge < -0.3 is 15.2 Å². The van der Waals surface area contributed by atoms with Crippen LogP contribution in [-0.4, -0.2) is 39.9 Å². The summed E-state index contributed by atoms with van der Waals surface area (Å²) in [4.78, 5) is 21.5. The van der Waals surface area contributed by atoms with Crippen LogP contribution in [-0.2, 0) is 17.8 Å². The Morgan fingerprint density at radius 1 is 1.38 bits per heavy atom. The smallest absolute Gasteiger partial charge is 0.239 e. The number of imidazole rings is 1. The lowest BCUT2D eigenvalue weighted by Crippen LogP contribution is -2.44. The molecule has 0 bridgehead atoms. The zero-order valence-corrected chi connectivity index (χ0v) is 14.3. The number of hydrogen-bond acceptors (Lipinski definition) is 3. The summed E-state index contributed by atoms with van der Waals surface area (Å²) in [7, 11) is 0. The van der Waals surface area contributed by atoms with Crippen LogP contribution in [0.3, 0.4) is 0 Å². The maximum atomic E-state index is 12.2. The maximum absolute atomic E-state index is 12.2. The van der Waals surface area contributed by atoms with Gasteiger partial charge in [-0.25, -0.2) is 4.98 Å². The Balaban J connectivity index is 2.54. The maximum Gasteiger partial charge on any atom is 0.239 e. The van der Waals surface area contributed by atoms with Crippen LogP contribution in [0.25, 0.3) is 0 Å². The molecule has 0 saturated heterocycles. The molecule has 0 fully saturated rings. The van der Waals surface area contributed by atoms with Gasteiger partial charge >= 0.3 is 0 Å². The van der Waals surface area contributed by atoms with Crippen molar-refractivity contribution in [1.29, 1.82) is 0 Å². The number of nitrogens with one attached hydrogen (secondary N) is 2. The molecule has 5 nitrogen and oxygen atoms in total. The number of aryl methyl sites for hydroxylation is 1. The van der Waals surface area contributed by atoms with E-state index < -0.39 is 0 Å². The molecule has 6 heteroatoms. The first kappa shape index (κ1) is 18.0. The molecule has 2 N–H and O–H groups in total. The fraction of sp³-hybridized carbons (Fsp3) is 0.733. The monoisotopic (exact) mass is 314 g/mol. The van der Waals surface area contributed by atoms with Crippen LogP contribution < -0.4 is 5.32 Å². The van der Waals surface area contributed by atoms with Gasteiger partial charge in [-0.15, -0.1) is 0 Å². The van der Waals surface area contributed by atoms with E-state index >= 15 is 0 Å². The summed E-state index contributed by atoms with van der Waals surface area (Å²) in [5, 5.41) is 3.71. The van der Waals surface area contributed by atoms with Gasteiger partial charge in [0.1, 0.15) is 5.82 Å². The summed E-state index contributed by atoms with van der Waals surface area (Å²) in [6, 6.07) is -0.233. The standard InChI is InChI=1S/C15H27ClN4O/c1-5-8-9-13-18-12(14(16)19-13)10-17-11(4)15(21)20(6-2)7-3/h11,17H,5-10H2,1-4H3,(H,18,19). The highest BCUT2D eigenvalue weighted by molar-refractivity contribution is 6.30. The van der Waals surface area contributed by atoms with Gasteiger partial charge in [0.15, 0.2) is 5.15 Å². The Morgan fingerprint density at radius 3 is 2.62 bits per heavy atom. The molecule has 0 aromatic carbocycles. The molecule has 1 amide bonds. The molecule has 0 aliphatic carbocycles. The molecule has 21 heavy (non-hydrogen) atoms. The van der Waals surface area contributed by atoms with Crippen LogP contribution in [0.2, 0.25) is 5.15 Å². The molecule has 1 aromatic heterocycles. The minimum atomic E-state index is -0.233. The van der Waals surface area contributed by atoms with E-state index in [0.29, 0.717) is 11.7 Å². The Morgan fingerprint density at radius 2 is 2.05 bits per heavy atom. The molecule has 1 atom stereocenters. The molecule has 0 saturated carbocycles. The number of aromatic amines is 1. The number of hydrogen-bond donors (Lipinski definition) is 2. The number of halogens is 1. The Labute approximate surface area is 132 Å². The van der Waals surface area contributed by atoms with Crippen molar-refractivity contribution >= 4 is 17.5 Å². The minimum absolute atomic E-state index is 0.113. The van der Waals surface area contributed by atoms with Crippen molar-refractivity contribution in [3.8, 4) is 0 Å². The van der Waals surface area contributed by atoms with Gasteiger partial charge in [-0.2, -0.15) is 0 Å². The van der Waals surface area contributed by atoms with E-state index in [9.17, 15) is 4.79 Å². The third kappa shape index (κ3) is 5.32. The van der Waals surface area contributed by atoms with Crippen molar-refractivity contribution in [1.82, 2.24) is 20.2 Å². The van der Waals surface area contributed by atoms with Crippen molar-refractivity contribution in [3.63, 3.8) is 0 Å². The van der Waals surface area contributed by atoms with E-state index in [-0.39, 0.29) is 11.9 Å². The molecule has 0 aliphatic heterocycles. The fourth-order valence-corrected chi connectivity index (χ4v) is 2.39. The van der Waals surface area contributed by atoms with E-state index in [1.807, 2.05) is 25.7 Å². The first-order valence-corrected chi connectivity index (χ1v) is 8.16. The van der Waals surface area contributed by atoms with Crippen LogP contribution in [0.5, 0.6) is 0 Å². The molecule has 1 aromatic rings. The number of likely N-dealkylation sites (N-methyl/N-ethyl adjacent to an activating group) is 1. The number of amides is 1. The second kappa shape index (κ2) is 9.05. The summed E-state index contributed by atoms with van der Waals surface area (Å²) < 4.78 is 0. The Hall–Kier alpha value is -1.07. The van der Waals surface area contributed by atoms with Crippen molar-refractivity contribution in [3.05, 3.63) is 16.7 Å². The SMILES string of the molecule is CCCCc1nc(Cl)c(CNC(C)C(=O)N(CC)CC)[nH]1. The second-order valence-electron chi connectivity index (χ2n) is 5.17. The van der Waals surface area contributed by atoms with Crippen molar-refractivity contribution < 1.29 is 4.79 Å². The molecule has 0 spiro atoms. The van der Waals surface area contributed by atoms with Crippen LogP contribution >= 0.6 is 11.6 Å². The van der Waals surface area contributed by atoms with Gasteiger partial charge in [0.05, 0.1) is 11.7 Å². The second-order valence-corrected chi connectivity index (χ2v) is 5.53. The molecule has 0 aliphatic rings. The lowest BCUT2D eigenvalue weighted by Gasteiger charge is -2.23. The zero-order chi connectivity index (χ0) is 15.8. The highest BCUT2D eigenvalue weighted by Gasteiger charge is 2.18. The van der Waals surface area contributed by atoms with Crippen molar-refractivity contribution in [2.45, 2.75) is 59.5 Å². The number of unbranched alkanes of at least 4 members (excludes halogenated alkanes) is 1. The van der Waals surface area contributed by atoms with Crippen LogP contribution in [0.4, 0.5) is 0 Å². The average Bonchev–Trinajstić information content (AvgIpc) is 2.83. The summed E-state index contributed by atoms with van der Waals surface area (Å²) in [6.07, 6.45) is 3.12.